The zero-order valence-corrected chi connectivity index (χ0v) is 30.4. The van der Waals surface area contributed by atoms with Crippen molar-refractivity contribution in [3.63, 3.8) is 0 Å². The van der Waals surface area contributed by atoms with E-state index in [2.05, 4.69) is 28.8 Å². The number of carbonyl (C=O) groups excluding carboxylic acids is 1. The van der Waals surface area contributed by atoms with Gasteiger partial charge in [-0.1, -0.05) is 23.7 Å². The van der Waals surface area contributed by atoms with Crippen LogP contribution in [0.1, 0.15) is 69.2 Å². The van der Waals surface area contributed by atoms with E-state index >= 15 is 0 Å². The number of ether oxygens (including phenoxy) is 1. The van der Waals surface area contributed by atoms with Gasteiger partial charge in [0.15, 0.2) is 6.10 Å². The second-order valence-corrected chi connectivity index (χ2v) is 15.9. The molecule has 49 heavy (non-hydrogen) atoms. The second kappa shape index (κ2) is 12.8. The average molecular weight is 700 g/mol. The van der Waals surface area contributed by atoms with Gasteiger partial charge in [-0.2, -0.15) is 0 Å². The number of aliphatic carboxylic acids is 1. The summed E-state index contributed by atoms with van der Waals surface area (Å²) in [4.78, 5) is 38.9. The number of hydrogen-bond donors (Lipinski definition) is 1. The molecule has 2 aromatic carbocycles. The minimum absolute atomic E-state index is 0.161. The summed E-state index contributed by atoms with van der Waals surface area (Å²) in [7, 11) is 2.05. The van der Waals surface area contributed by atoms with Crippen LogP contribution in [0.2, 0.25) is 5.02 Å². The van der Waals surface area contributed by atoms with Crippen LogP contribution in [0.3, 0.4) is 0 Å². The van der Waals surface area contributed by atoms with Crippen molar-refractivity contribution < 1.29 is 19.4 Å². The summed E-state index contributed by atoms with van der Waals surface area (Å²) in [5, 5.41) is 13.0. The number of nitrogens with zero attached hydrogens (tertiary/aromatic N) is 5. The molecule has 11 heteroatoms. The number of halogens is 1. The Morgan fingerprint density at radius 2 is 1.78 bits per heavy atom. The van der Waals surface area contributed by atoms with Gasteiger partial charge in [0.05, 0.1) is 15.8 Å². The molecule has 5 heterocycles. The number of fused-ring (bicyclic) bond motifs is 2. The van der Waals surface area contributed by atoms with E-state index in [4.69, 9.17) is 26.3 Å². The van der Waals surface area contributed by atoms with Gasteiger partial charge in [0.1, 0.15) is 10.7 Å². The van der Waals surface area contributed by atoms with Gasteiger partial charge in [-0.15, -0.1) is 11.3 Å². The Balaban J connectivity index is 1.27. The molecule has 3 aromatic heterocycles. The fourth-order valence-corrected chi connectivity index (χ4v) is 8.65. The molecule has 0 saturated carbocycles. The maximum absolute atomic E-state index is 12.7. The Kier molecular flexibility index (Phi) is 8.80. The molecule has 0 bridgehead atoms. The van der Waals surface area contributed by atoms with Gasteiger partial charge in [-0.05, 0) is 100 Å². The third kappa shape index (κ3) is 6.47. The molecule has 256 valence electrons. The maximum atomic E-state index is 12.7. The summed E-state index contributed by atoms with van der Waals surface area (Å²) in [5.41, 5.74) is 6.38. The molecule has 2 saturated heterocycles. The number of carboxylic acids is 1. The third-order valence-electron chi connectivity index (χ3n) is 9.90. The highest BCUT2D eigenvalue weighted by Gasteiger charge is 2.36. The normalized spacial score (nSPS) is 17.2. The summed E-state index contributed by atoms with van der Waals surface area (Å²) in [5.74, 6) is -0.455. The first-order chi connectivity index (χ1) is 23.3. The molecule has 1 unspecified atom stereocenters. The largest absolute Gasteiger partial charge is 0.479 e. The van der Waals surface area contributed by atoms with Crippen molar-refractivity contribution in [3.05, 3.63) is 70.5 Å². The van der Waals surface area contributed by atoms with Gasteiger partial charge in [-0.3, -0.25) is 9.69 Å². The van der Waals surface area contributed by atoms with E-state index in [1.54, 1.807) is 18.3 Å². The van der Waals surface area contributed by atoms with Crippen molar-refractivity contribution in [1.82, 2.24) is 24.3 Å². The number of aromatic nitrogens is 3. The topological polar surface area (TPSA) is 101 Å². The number of hydrogen-bond acceptors (Lipinski definition) is 7. The van der Waals surface area contributed by atoms with E-state index < -0.39 is 17.7 Å². The van der Waals surface area contributed by atoms with Crippen LogP contribution < -0.4 is 0 Å². The Morgan fingerprint density at radius 3 is 2.41 bits per heavy atom. The highest BCUT2D eigenvalue weighted by atomic mass is 35.5. The van der Waals surface area contributed by atoms with Gasteiger partial charge in [-0.25, -0.2) is 14.8 Å². The monoisotopic (exact) mass is 699 g/mol. The molecular formula is C38H42ClN5O4S. The first-order valence-corrected chi connectivity index (χ1v) is 18.0. The Hall–Kier alpha value is -3.83. The quantitative estimate of drug-likeness (QED) is 0.185. The molecule has 5 aromatic rings. The molecule has 2 fully saturated rings. The lowest BCUT2D eigenvalue weighted by atomic mass is 9.88. The highest BCUT2D eigenvalue weighted by molar-refractivity contribution is 7.22. The van der Waals surface area contributed by atoms with Crippen LogP contribution in [0.25, 0.3) is 42.9 Å². The van der Waals surface area contributed by atoms with Gasteiger partial charge < -0.3 is 19.3 Å². The maximum Gasteiger partial charge on any atom is 0.337 e. The van der Waals surface area contributed by atoms with Crippen molar-refractivity contribution in [2.45, 2.75) is 71.1 Å². The van der Waals surface area contributed by atoms with Crippen molar-refractivity contribution in [1.29, 1.82) is 0 Å². The number of benzene rings is 2. The van der Waals surface area contributed by atoms with E-state index in [1.807, 2.05) is 69.1 Å². The standard InChI is InChI=1S/C38H42ClN5O4S/c1-21-15-30-34(32(24-7-9-26(39)10-8-24)31(21)33(37(46)47)48-38(3,4)5)49-36(41-30)25-16-28-29(20-42(6)35(28)40-17-25)23-11-13-43(14-12-23)27-18-44(19-27)22(2)45/h7-10,15-17,20,23,27,33H,11-14,18-19H2,1-6H3,(H,46,47). The predicted molar refractivity (Wildman–Crippen MR) is 195 cm³/mol. The number of carbonyl (C=O) groups is 2. The zero-order valence-electron chi connectivity index (χ0n) is 28.8. The SMILES string of the molecule is CC(=O)N1CC(N2CCC(c3cn(C)c4ncc(-c5nc6cc(C)c(C(OC(C)(C)C)C(=O)O)c(-c7ccc(Cl)cc7)c6s5)cc34)CC2)C1. The lowest BCUT2D eigenvalue weighted by Crippen LogP contribution is -2.61. The Bertz CT molecular complexity index is 2070. The molecule has 1 N–H and O–H groups in total. The minimum atomic E-state index is -1.17. The zero-order chi connectivity index (χ0) is 34.8. The molecule has 7 rings (SSSR count). The molecule has 1 amide bonds. The molecule has 2 aliphatic rings. The Labute approximate surface area is 295 Å². The van der Waals surface area contributed by atoms with Crippen molar-refractivity contribution in [2.75, 3.05) is 26.2 Å². The van der Waals surface area contributed by atoms with E-state index in [0.717, 1.165) is 87.5 Å². The fourth-order valence-electron chi connectivity index (χ4n) is 7.41. The van der Waals surface area contributed by atoms with E-state index in [1.165, 1.54) is 5.56 Å². The van der Waals surface area contributed by atoms with Crippen LogP contribution in [0.15, 0.2) is 48.8 Å². The number of amides is 1. The molecule has 0 aliphatic carbocycles. The second-order valence-electron chi connectivity index (χ2n) is 14.5. The number of rotatable bonds is 7. The number of thiazole rings is 1. The van der Waals surface area contributed by atoms with Gasteiger partial charge >= 0.3 is 5.97 Å². The van der Waals surface area contributed by atoms with E-state index in [9.17, 15) is 14.7 Å². The minimum Gasteiger partial charge on any atom is -0.479 e. The fraction of sp³-hybridized carbons (Fsp3) is 0.421. The van der Waals surface area contributed by atoms with Crippen molar-refractivity contribution in [2.24, 2.45) is 7.05 Å². The smallest absolute Gasteiger partial charge is 0.337 e. The van der Waals surface area contributed by atoms with E-state index in [-0.39, 0.29) is 5.91 Å². The summed E-state index contributed by atoms with van der Waals surface area (Å²) >= 11 is 7.83. The molecule has 1 atom stereocenters. The summed E-state index contributed by atoms with van der Waals surface area (Å²) in [6.07, 6.45) is 5.08. The first-order valence-electron chi connectivity index (χ1n) is 16.8. The van der Waals surface area contributed by atoms with Crippen LogP contribution in [0, 0.1) is 6.92 Å². The van der Waals surface area contributed by atoms with Gasteiger partial charge in [0.25, 0.3) is 0 Å². The average Bonchev–Trinajstić information content (AvgIpc) is 3.59. The first kappa shape index (κ1) is 33.7. The molecule has 0 spiro atoms. The van der Waals surface area contributed by atoms with Gasteiger partial charge in [0, 0.05) is 72.6 Å². The number of piperidine rings is 1. The molecule has 2 aliphatic heterocycles. The van der Waals surface area contributed by atoms with Crippen LogP contribution in [0.5, 0.6) is 0 Å². The van der Waals surface area contributed by atoms with Crippen LogP contribution in [0.4, 0.5) is 0 Å². The molecule has 0 radical (unpaired) electrons. The van der Waals surface area contributed by atoms with Crippen molar-refractivity contribution in [3.8, 4) is 21.7 Å². The Morgan fingerprint density at radius 1 is 1.08 bits per heavy atom. The van der Waals surface area contributed by atoms with Crippen LogP contribution in [-0.4, -0.2) is 79.1 Å². The number of aryl methyl sites for hydroxylation is 2. The summed E-state index contributed by atoms with van der Waals surface area (Å²) in [6, 6.07) is 12.2. The van der Waals surface area contributed by atoms with Crippen molar-refractivity contribution >= 4 is 56.1 Å². The highest BCUT2D eigenvalue weighted by Crippen LogP contribution is 2.45. The number of pyridine rings is 1. The predicted octanol–water partition coefficient (Wildman–Crippen LogP) is 7.83. The van der Waals surface area contributed by atoms with Crippen LogP contribution >= 0.6 is 22.9 Å². The van der Waals surface area contributed by atoms with Crippen LogP contribution in [-0.2, 0) is 21.4 Å². The summed E-state index contributed by atoms with van der Waals surface area (Å²) < 4.78 is 9.19. The molecule has 9 nitrogen and oxygen atoms in total. The van der Waals surface area contributed by atoms with Gasteiger partial charge in [0.2, 0.25) is 5.91 Å². The summed E-state index contributed by atoms with van der Waals surface area (Å²) in [6.45, 7) is 12.9. The lowest BCUT2D eigenvalue weighted by molar-refractivity contribution is -0.160. The number of likely N-dealkylation sites (tertiary alicyclic amines) is 2. The third-order valence-corrected chi connectivity index (χ3v) is 11.3. The van der Waals surface area contributed by atoms with E-state index in [0.29, 0.717) is 22.5 Å². The molecular weight excluding hydrogens is 658 g/mol. The number of carboxylic acid groups (broad SMARTS) is 1. The lowest BCUT2D eigenvalue weighted by Gasteiger charge is -2.47.